The molecule has 1 aromatic heterocycles. The van der Waals surface area contributed by atoms with E-state index in [0.717, 1.165) is 11.9 Å². The van der Waals surface area contributed by atoms with Crippen LogP contribution in [0.15, 0.2) is 35.1 Å². The molecule has 0 aliphatic carbocycles. The molecule has 1 saturated heterocycles. The summed E-state index contributed by atoms with van der Waals surface area (Å²) in [5.41, 5.74) is 0.145. The average molecular weight is 285 g/mol. The van der Waals surface area contributed by atoms with Gasteiger partial charge in [0.05, 0.1) is 0 Å². The van der Waals surface area contributed by atoms with Gasteiger partial charge in [-0.2, -0.15) is 0 Å². The number of carbonyl (C=O) groups is 1. The minimum absolute atomic E-state index is 0.0984. The summed E-state index contributed by atoms with van der Waals surface area (Å²) in [6, 6.07) is 9.41. The Morgan fingerprint density at radius 3 is 2.86 bits per heavy atom. The molecule has 2 aromatic rings. The number of nitrogens with zero attached hydrogens (tertiary/aromatic N) is 1. The summed E-state index contributed by atoms with van der Waals surface area (Å²) in [6.45, 7) is 5.51. The molecule has 2 atom stereocenters. The minimum atomic E-state index is -0.215. The van der Waals surface area contributed by atoms with Gasteiger partial charge in [-0.25, -0.2) is 0 Å². The van der Waals surface area contributed by atoms with Crippen LogP contribution in [0.2, 0.25) is 0 Å². The number of amides is 1. The van der Waals surface area contributed by atoms with E-state index in [-0.39, 0.29) is 23.6 Å². The summed E-state index contributed by atoms with van der Waals surface area (Å²) in [4.78, 5) is 29.3. The Kier molecular flexibility index (Phi) is 3.51. The maximum atomic E-state index is 12.7. The summed E-state index contributed by atoms with van der Waals surface area (Å²) in [5, 5.41) is 4.74. The molecule has 1 amide bonds. The van der Waals surface area contributed by atoms with Crippen molar-refractivity contribution in [1.29, 1.82) is 0 Å². The van der Waals surface area contributed by atoms with Crippen LogP contribution in [0.25, 0.3) is 10.8 Å². The number of hydrogen-bond donors (Lipinski definition) is 2. The molecule has 0 bridgehead atoms. The molecule has 1 aliphatic heterocycles. The van der Waals surface area contributed by atoms with Crippen molar-refractivity contribution in [3.63, 3.8) is 0 Å². The van der Waals surface area contributed by atoms with Crippen molar-refractivity contribution in [3.8, 4) is 0 Å². The van der Waals surface area contributed by atoms with E-state index < -0.39 is 0 Å². The molecule has 2 heterocycles. The van der Waals surface area contributed by atoms with Gasteiger partial charge in [0, 0.05) is 30.6 Å². The molecular weight excluding hydrogens is 266 g/mol. The number of piperazine rings is 1. The van der Waals surface area contributed by atoms with Gasteiger partial charge < -0.3 is 15.2 Å². The predicted octanol–water partition coefficient (Wildman–Crippen LogP) is 1.35. The van der Waals surface area contributed by atoms with Crippen LogP contribution in [0.3, 0.4) is 0 Å². The first kappa shape index (κ1) is 13.8. The fraction of sp³-hybridized carbons (Fsp3) is 0.375. The summed E-state index contributed by atoms with van der Waals surface area (Å²) < 4.78 is 0. The molecular formula is C16H19N3O2. The number of fused-ring (bicyclic) bond motifs is 1. The van der Waals surface area contributed by atoms with E-state index in [1.165, 1.54) is 0 Å². The largest absolute Gasteiger partial charge is 0.332 e. The zero-order valence-electron chi connectivity index (χ0n) is 12.2. The van der Waals surface area contributed by atoms with E-state index in [4.69, 9.17) is 0 Å². The Morgan fingerprint density at radius 1 is 1.29 bits per heavy atom. The smallest absolute Gasteiger partial charge is 0.270 e. The molecule has 0 spiro atoms. The molecule has 2 unspecified atom stereocenters. The Bertz CT molecular complexity index is 738. The lowest BCUT2D eigenvalue weighted by molar-refractivity contribution is 0.0597. The summed E-state index contributed by atoms with van der Waals surface area (Å²) in [5.74, 6) is -0.112. The Hall–Kier alpha value is -2.14. The summed E-state index contributed by atoms with van der Waals surface area (Å²) in [6.07, 6.45) is 0. The van der Waals surface area contributed by atoms with Crippen LogP contribution < -0.4 is 10.9 Å². The van der Waals surface area contributed by atoms with E-state index >= 15 is 0 Å². The third kappa shape index (κ3) is 2.45. The molecule has 21 heavy (non-hydrogen) atoms. The predicted molar refractivity (Wildman–Crippen MR) is 82.5 cm³/mol. The molecule has 1 fully saturated rings. The van der Waals surface area contributed by atoms with Gasteiger partial charge in [0.2, 0.25) is 0 Å². The third-order valence-corrected chi connectivity index (χ3v) is 4.28. The van der Waals surface area contributed by atoms with Gasteiger partial charge in [0.15, 0.2) is 0 Å². The van der Waals surface area contributed by atoms with E-state index in [2.05, 4.69) is 17.2 Å². The van der Waals surface area contributed by atoms with Crippen LogP contribution in [0.5, 0.6) is 0 Å². The maximum Gasteiger partial charge on any atom is 0.270 e. The van der Waals surface area contributed by atoms with Gasteiger partial charge in [-0.05, 0) is 31.4 Å². The van der Waals surface area contributed by atoms with Crippen molar-refractivity contribution in [2.75, 3.05) is 13.1 Å². The molecule has 0 radical (unpaired) electrons. The second-order valence-corrected chi connectivity index (χ2v) is 5.58. The topological polar surface area (TPSA) is 65.2 Å². The highest BCUT2D eigenvalue weighted by Gasteiger charge is 2.29. The molecule has 110 valence electrons. The molecule has 5 heteroatoms. The fourth-order valence-corrected chi connectivity index (χ4v) is 2.82. The quantitative estimate of drug-likeness (QED) is 0.831. The number of carbonyl (C=O) groups excluding carboxylic acids is 1. The Morgan fingerprint density at radius 2 is 2.05 bits per heavy atom. The van der Waals surface area contributed by atoms with Crippen molar-refractivity contribution < 1.29 is 4.79 Å². The van der Waals surface area contributed by atoms with E-state index in [1.54, 1.807) is 12.1 Å². The van der Waals surface area contributed by atoms with Gasteiger partial charge in [-0.15, -0.1) is 0 Å². The van der Waals surface area contributed by atoms with Gasteiger partial charge in [-0.3, -0.25) is 9.59 Å². The number of hydrogen-bond acceptors (Lipinski definition) is 3. The zero-order valence-corrected chi connectivity index (χ0v) is 12.2. The van der Waals surface area contributed by atoms with Crippen molar-refractivity contribution in [2.24, 2.45) is 0 Å². The Balaban J connectivity index is 2.00. The highest BCUT2D eigenvalue weighted by atomic mass is 16.2. The highest BCUT2D eigenvalue weighted by Crippen LogP contribution is 2.15. The lowest BCUT2D eigenvalue weighted by Gasteiger charge is -2.38. The van der Waals surface area contributed by atoms with Gasteiger partial charge in [0.1, 0.15) is 5.69 Å². The van der Waals surface area contributed by atoms with Crippen LogP contribution in [0.4, 0.5) is 0 Å². The van der Waals surface area contributed by atoms with Crippen molar-refractivity contribution in [3.05, 3.63) is 46.4 Å². The number of benzene rings is 1. The van der Waals surface area contributed by atoms with Crippen molar-refractivity contribution in [1.82, 2.24) is 15.2 Å². The normalized spacial score (nSPS) is 22.5. The van der Waals surface area contributed by atoms with E-state index in [0.29, 0.717) is 17.6 Å². The van der Waals surface area contributed by atoms with Gasteiger partial charge >= 0.3 is 0 Å². The van der Waals surface area contributed by atoms with Crippen LogP contribution in [0, 0.1) is 0 Å². The molecule has 0 saturated carbocycles. The molecule has 1 aliphatic rings. The van der Waals surface area contributed by atoms with Gasteiger partial charge in [0.25, 0.3) is 11.5 Å². The van der Waals surface area contributed by atoms with Crippen LogP contribution in [0.1, 0.15) is 24.3 Å². The second kappa shape index (κ2) is 5.33. The van der Waals surface area contributed by atoms with E-state index in [1.807, 2.05) is 30.0 Å². The minimum Gasteiger partial charge on any atom is -0.332 e. The number of aromatic amines is 1. The lowest BCUT2D eigenvalue weighted by Crippen LogP contribution is -2.57. The summed E-state index contributed by atoms with van der Waals surface area (Å²) in [7, 11) is 0. The average Bonchev–Trinajstić information content (AvgIpc) is 2.49. The maximum absolute atomic E-state index is 12.7. The highest BCUT2D eigenvalue weighted by molar-refractivity contribution is 5.96. The first-order chi connectivity index (χ1) is 10.1. The molecule has 5 nitrogen and oxygen atoms in total. The first-order valence-electron chi connectivity index (χ1n) is 7.24. The number of H-pyrrole nitrogens is 1. The first-order valence-corrected chi connectivity index (χ1v) is 7.24. The monoisotopic (exact) mass is 285 g/mol. The number of aromatic nitrogens is 1. The fourth-order valence-electron chi connectivity index (χ4n) is 2.82. The van der Waals surface area contributed by atoms with Crippen LogP contribution in [-0.4, -0.2) is 41.0 Å². The van der Waals surface area contributed by atoms with Crippen LogP contribution in [-0.2, 0) is 0 Å². The lowest BCUT2D eigenvalue weighted by atomic mass is 10.1. The Labute approximate surface area is 123 Å². The van der Waals surface area contributed by atoms with Crippen molar-refractivity contribution >= 4 is 16.7 Å². The molecule has 1 aromatic carbocycles. The number of rotatable bonds is 1. The van der Waals surface area contributed by atoms with Crippen LogP contribution >= 0.6 is 0 Å². The van der Waals surface area contributed by atoms with Gasteiger partial charge in [-0.1, -0.05) is 18.2 Å². The molecule has 2 N–H and O–H groups in total. The zero-order chi connectivity index (χ0) is 15.0. The molecule has 3 rings (SSSR count). The second-order valence-electron chi connectivity index (χ2n) is 5.58. The number of pyridine rings is 1. The van der Waals surface area contributed by atoms with E-state index in [9.17, 15) is 9.59 Å². The summed E-state index contributed by atoms with van der Waals surface area (Å²) >= 11 is 0. The van der Waals surface area contributed by atoms with Crippen molar-refractivity contribution in [2.45, 2.75) is 25.9 Å². The number of nitrogens with one attached hydrogen (secondary N) is 2. The third-order valence-electron chi connectivity index (χ3n) is 4.28. The SMILES string of the molecule is CC1NCCN(C(=O)c2cc3ccccc3c(=O)[nH]2)C1C. The standard InChI is InChI=1S/C16H19N3O2/c1-10-11(2)19(8-7-17-10)16(21)14-9-12-5-3-4-6-13(12)15(20)18-14/h3-6,9-11,17H,7-8H2,1-2H3,(H,18,20).